The molecule has 0 saturated carbocycles. The number of amides is 1. The number of nitrogens with one attached hydrogen (secondary N) is 1. The lowest BCUT2D eigenvalue weighted by atomic mass is 10.1. The number of hydrogen-bond acceptors (Lipinski definition) is 4. The molecule has 4 aromatic carbocycles. The highest BCUT2D eigenvalue weighted by Crippen LogP contribution is 2.35. The van der Waals surface area contributed by atoms with Crippen LogP contribution in [0.25, 0.3) is 30.9 Å². The maximum Gasteiger partial charge on any atom is 0.253 e. The summed E-state index contributed by atoms with van der Waals surface area (Å²) in [6.07, 6.45) is -0.0256. The van der Waals surface area contributed by atoms with Crippen LogP contribution in [0.5, 0.6) is 0 Å². The molecule has 6 rings (SSSR count). The molecule has 5 heteroatoms. The van der Waals surface area contributed by atoms with E-state index < -0.39 is 0 Å². The Morgan fingerprint density at radius 2 is 1.47 bits per heavy atom. The lowest BCUT2D eigenvalue weighted by Gasteiger charge is -2.39. The zero-order chi connectivity index (χ0) is 23.1. The van der Waals surface area contributed by atoms with E-state index in [9.17, 15) is 4.79 Å². The van der Waals surface area contributed by atoms with Gasteiger partial charge in [0.15, 0.2) is 0 Å². The van der Waals surface area contributed by atoms with Crippen molar-refractivity contribution in [2.24, 2.45) is 0 Å². The van der Waals surface area contributed by atoms with Crippen molar-refractivity contribution in [2.45, 2.75) is 13.1 Å². The Labute approximate surface area is 203 Å². The zero-order valence-electron chi connectivity index (χ0n) is 19.2. The van der Waals surface area contributed by atoms with E-state index in [1.165, 1.54) is 21.2 Å². The van der Waals surface area contributed by atoms with E-state index in [1.807, 2.05) is 18.2 Å². The fourth-order valence-electron chi connectivity index (χ4n) is 5.16. The highest BCUT2D eigenvalue weighted by Gasteiger charge is 2.24. The van der Waals surface area contributed by atoms with E-state index in [0.717, 1.165) is 47.2 Å². The second kappa shape index (κ2) is 8.75. The van der Waals surface area contributed by atoms with Gasteiger partial charge in [0.2, 0.25) is 0 Å². The van der Waals surface area contributed by atoms with Gasteiger partial charge in [-0.05, 0) is 36.6 Å². The number of piperazine rings is 1. The van der Waals surface area contributed by atoms with Crippen molar-refractivity contribution in [1.82, 2.24) is 10.2 Å². The Hall–Kier alpha value is -3.41. The highest BCUT2D eigenvalue weighted by molar-refractivity contribution is 7.25. The number of anilines is 1. The second-order valence-corrected chi connectivity index (χ2v) is 10.0. The van der Waals surface area contributed by atoms with Crippen molar-refractivity contribution >= 4 is 53.9 Å². The predicted octanol–water partition coefficient (Wildman–Crippen LogP) is 6.11. The van der Waals surface area contributed by atoms with Gasteiger partial charge in [-0.15, -0.1) is 11.3 Å². The SMILES string of the molecule is CC(NC(=O)c1cccc2sc3ccccc3c12)N1CCN(c2cccc3ccccc23)CC1. The third kappa shape index (κ3) is 3.71. The van der Waals surface area contributed by atoms with Crippen LogP contribution >= 0.6 is 11.3 Å². The van der Waals surface area contributed by atoms with Gasteiger partial charge in [-0.1, -0.05) is 60.7 Å². The first-order valence-electron chi connectivity index (χ1n) is 11.9. The highest BCUT2D eigenvalue weighted by atomic mass is 32.1. The van der Waals surface area contributed by atoms with Gasteiger partial charge in [-0.2, -0.15) is 0 Å². The van der Waals surface area contributed by atoms with Gasteiger partial charge in [-0.25, -0.2) is 0 Å². The summed E-state index contributed by atoms with van der Waals surface area (Å²) in [7, 11) is 0. The Morgan fingerprint density at radius 3 is 2.32 bits per heavy atom. The van der Waals surface area contributed by atoms with Crippen molar-refractivity contribution in [2.75, 3.05) is 31.1 Å². The van der Waals surface area contributed by atoms with Crippen LogP contribution in [0.3, 0.4) is 0 Å². The molecule has 0 aliphatic carbocycles. The monoisotopic (exact) mass is 465 g/mol. The molecule has 170 valence electrons. The summed E-state index contributed by atoms with van der Waals surface area (Å²) >= 11 is 1.74. The average Bonchev–Trinajstić information content (AvgIpc) is 3.27. The summed E-state index contributed by atoms with van der Waals surface area (Å²) < 4.78 is 2.38. The molecule has 4 nitrogen and oxygen atoms in total. The number of thiophene rings is 1. The van der Waals surface area contributed by atoms with Gasteiger partial charge in [-0.3, -0.25) is 9.69 Å². The van der Waals surface area contributed by atoms with Crippen molar-refractivity contribution in [3.63, 3.8) is 0 Å². The molecule has 1 atom stereocenters. The number of benzene rings is 4. The summed E-state index contributed by atoms with van der Waals surface area (Å²) in [5.74, 6) is -0.00173. The van der Waals surface area contributed by atoms with Crippen molar-refractivity contribution in [1.29, 1.82) is 0 Å². The first-order chi connectivity index (χ1) is 16.7. The van der Waals surface area contributed by atoms with E-state index in [1.54, 1.807) is 11.3 Å². The van der Waals surface area contributed by atoms with Crippen molar-refractivity contribution in [3.8, 4) is 0 Å². The lowest BCUT2D eigenvalue weighted by Crippen LogP contribution is -2.54. The van der Waals surface area contributed by atoms with Crippen LogP contribution in [0.2, 0.25) is 0 Å². The molecule has 1 aromatic heterocycles. The first kappa shape index (κ1) is 21.1. The van der Waals surface area contributed by atoms with Crippen LogP contribution in [0.15, 0.2) is 84.9 Å². The molecule has 5 aromatic rings. The molecule has 0 radical (unpaired) electrons. The number of fused-ring (bicyclic) bond motifs is 4. The van der Waals surface area contributed by atoms with Crippen molar-refractivity contribution < 1.29 is 4.79 Å². The molecule has 1 fully saturated rings. The largest absolute Gasteiger partial charge is 0.368 e. The van der Waals surface area contributed by atoms with Crippen LogP contribution in [0.1, 0.15) is 17.3 Å². The molecule has 1 amide bonds. The summed E-state index contributed by atoms with van der Waals surface area (Å²) in [5, 5.41) is 8.07. The fourth-order valence-corrected chi connectivity index (χ4v) is 6.29. The van der Waals surface area contributed by atoms with Gasteiger partial charge in [0.25, 0.3) is 5.91 Å². The zero-order valence-corrected chi connectivity index (χ0v) is 20.0. The van der Waals surface area contributed by atoms with Gasteiger partial charge in [0.05, 0.1) is 6.17 Å². The minimum atomic E-state index is -0.0256. The normalized spacial score (nSPS) is 15.7. The van der Waals surface area contributed by atoms with Crippen LogP contribution < -0.4 is 10.2 Å². The van der Waals surface area contributed by atoms with Crippen LogP contribution in [-0.2, 0) is 0 Å². The lowest BCUT2D eigenvalue weighted by molar-refractivity contribution is 0.0859. The molecule has 1 aliphatic rings. The minimum Gasteiger partial charge on any atom is -0.368 e. The Balaban J connectivity index is 1.17. The molecule has 1 N–H and O–H groups in total. The quantitative estimate of drug-likeness (QED) is 0.348. The summed E-state index contributed by atoms with van der Waals surface area (Å²) in [4.78, 5) is 18.2. The van der Waals surface area contributed by atoms with E-state index in [-0.39, 0.29) is 12.1 Å². The van der Waals surface area contributed by atoms with Gasteiger partial charge in [0, 0.05) is 63.0 Å². The topological polar surface area (TPSA) is 35.6 Å². The molecule has 0 bridgehead atoms. The van der Waals surface area contributed by atoms with E-state index in [2.05, 4.69) is 88.8 Å². The standard InChI is InChI=1S/C29H27N3OS/c1-20(30-29(33)24-12-7-15-27-28(24)23-11-4-5-14-26(23)34-27)31-16-18-32(19-17-31)25-13-6-9-21-8-2-3-10-22(21)25/h2-15,20H,16-19H2,1H3,(H,30,33). The third-order valence-electron chi connectivity index (χ3n) is 6.96. The molecule has 0 spiro atoms. The molecule has 2 heterocycles. The molecular weight excluding hydrogens is 438 g/mol. The minimum absolute atomic E-state index is 0.00173. The molecule has 1 aliphatic heterocycles. The van der Waals surface area contributed by atoms with E-state index >= 15 is 0 Å². The fraction of sp³-hybridized carbons (Fsp3) is 0.207. The van der Waals surface area contributed by atoms with Crippen LogP contribution in [0.4, 0.5) is 5.69 Å². The van der Waals surface area contributed by atoms with Gasteiger partial charge >= 0.3 is 0 Å². The maximum absolute atomic E-state index is 13.3. The van der Waals surface area contributed by atoms with Crippen LogP contribution in [0, 0.1) is 0 Å². The third-order valence-corrected chi connectivity index (χ3v) is 8.09. The van der Waals surface area contributed by atoms with Crippen molar-refractivity contribution in [3.05, 3.63) is 90.5 Å². The number of hydrogen-bond donors (Lipinski definition) is 1. The molecule has 1 unspecified atom stereocenters. The number of carbonyl (C=O) groups excluding carboxylic acids is 1. The van der Waals surface area contributed by atoms with Crippen LogP contribution in [-0.4, -0.2) is 43.2 Å². The average molecular weight is 466 g/mol. The van der Waals surface area contributed by atoms with Gasteiger partial charge in [0.1, 0.15) is 0 Å². The molecule has 34 heavy (non-hydrogen) atoms. The smallest absolute Gasteiger partial charge is 0.253 e. The number of carbonyl (C=O) groups is 1. The summed E-state index contributed by atoms with van der Waals surface area (Å²) in [6, 6.07) is 29.5. The number of nitrogens with zero attached hydrogens (tertiary/aromatic N) is 2. The Bertz CT molecular complexity index is 1490. The molecule has 1 saturated heterocycles. The summed E-state index contributed by atoms with van der Waals surface area (Å²) in [5.41, 5.74) is 2.06. The Morgan fingerprint density at radius 1 is 0.794 bits per heavy atom. The number of rotatable bonds is 4. The summed E-state index contributed by atoms with van der Waals surface area (Å²) in [6.45, 7) is 5.81. The first-order valence-corrected chi connectivity index (χ1v) is 12.7. The maximum atomic E-state index is 13.3. The predicted molar refractivity (Wildman–Crippen MR) is 144 cm³/mol. The van der Waals surface area contributed by atoms with Gasteiger partial charge < -0.3 is 10.2 Å². The van der Waals surface area contributed by atoms with E-state index in [4.69, 9.17) is 0 Å². The molecular formula is C29H27N3OS. The second-order valence-electron chi connectivity index (χ2n) is 8.95. The Kier molecular flexibility index (Phi) is 5.44. The van der Waals surface area contributed by atoms with E-state index in [0.29, 0.717) is 0 Å².